The largest absolute Gasteiger partial charge is 0.353 e. The minimum atomic E-state index is 0.575. The molecule has 94 valence electrons. The first-order chi connectivity index (χ1) is 8.26. The third-order valence-corrected chi connectivity index (χ3v) is 4.11. The topological polar surface area (TPSA) is 29.9 Å². The van der Waals surface area contributed by atoms with Crippen LogP contribution in [0.15, 0.2) is 25.0 Å². The van der Waals surface area contributed by atoms with E-state index in [0.717, 1.165) is 24.3 Å². The van der Waals surface area contributed by atoms with Crippen LogP contribution in [0.3, 0.4) is 0 Å². The Balaban J connectivity index is 2.01. The third kappa shape index (κ3) is 2.54. The number of aromatic nitrogens is 2. The second-order valence-electron chi connectivity index (χ2n) is 5.05. The summed E-state index contributed by atoms with van der Waals surface area (Å²) in [6.07, 6.45) is 9.65. The van der Waals surface area contributed by atoms with E-state index in [2.05, 4.69) is 35.3 Å². The van der Waals surface area contributed by atoms with E-state index in [0.29, 0.717) is 6.04 Å². The summed E-state index contributed by atoms with van der Waals surface area (Å²) in [5.41, 5.74) is 0. The molecule has 3 heteroatoms. The SMILES string of the molecule is C=CCn1ccnc1NC1CCC(CC)C1C. The summed E-state index contributed by atoms with van der Waals surface area (Å²) < 4.78 is 2.11. The van der Waals surface area contributed by atoms with Gasteiger partial charge in [0.2, 0.25) is 5.95 Å². The van der Waals surface area contributed by atoms with Crippen molar-refractivity contribution in [2.24, 2.45) is 11.8 Å². The van der Waals surface area contributed by atoms with Gasteiger partial charge >= 0.3 is 0 Å². The molecule has 17 heavy (non-hydrogen) atoms. The van der Waals surface area contributed by atoms with Gasteiger partial charge in [-0.2, -0.15) is 0 Å². The fraction of sp³-hybridized carbons (Fsp3) is 0.643. The van der Waals surface area contributed by atoms with E-state index in [1.54, 1.807) is 0 Å². The molecule has 1 heterocycles. The van der Waals surface area contributed by atoms with Gasteiger partial charge in [-0.25, -0.2) is 4.98 Å². The Morgan fingerprint density at radius 3 is 3.06 bits per heavy atom. The number of hydrogen-bond donors (Lipinski definition) is 1. The monoisotopic (exact) mass is 233 g/mol. The Kier molecular flexibility index (Phi) is 3.87. The summed E-state index contributed by atoms with van der Waals surface area (Å²) in [5, 5.41) is 3.59. The van der Waals surface area contributed by atoms with E-state index in [-0.39, 0.29) is 0 Å². The van der Waals surface area contributed by atoms with Crippen molar-refractivity contribution in [3.05, 3.63) is 25.0 Å². The smallest absolute Gasteiger partial charge is 0.203 e. The minimum Gasteiger partial charge on any atom is -0.353 e. The van der Waals surface area contributed by atoms with Crippen molar-refractivity contribution >= 4 is 5.95 Å². The van der Waals surface area contributed by atoms with E-state index in [1.807, 2.05) is 18.5 Å². The lowest BCUT2D eigenvalue weighted by atomic mass is 9.94. The maximum atomic E-state index is 4.39. The van der Waals surface area contributed by atoms with Gasteiger partial charge in [-0.05, 0) is 24.7 Å². The predicted octanol–water partition coefficient (Wildman–Crippen LogP) is 3.31. The summed E-state index contributed by atoms with van der Waals surface area (Å²) in [4.78, 5) is 4.39. The van der Waals surface area contributed by atoms with Crippen LogP contribution in [0.2, 0.25) is 0 Å². The number of rotatable bonds is 5. The summed E-state index contributed by atoms with van der Waals surface area (Å²) in [6.45, 7) is 9.25. The number of allylic oxidation sites excluding steroid dienone is 1. The standard InChI is InChI=1S/C14H23N3/c1-4-9-17-10-8-15-14(17)16-13-7-6-12(5-2)11(13)3/h4,8,10-13H,1,5-7,9H2,2-3H3,(H,15,16). The van der Waals surface area contributed by atoms with Gasteiger partial charge in [0.1, 0.15) is 0 Å². The molecule has 0 bridgehead atoms. The van der Waals surface area contributed by atoms with E-state index in [1.165, 1.54) is 19.3 Å². The number of nitrogens with one attached hydrogen (secondary N) is 1. The van der Waals surface area contributed by atoms with Gasteiger partial charge in [-0.15, -0.1) is 6.58 Å². The van der Waals surface area contributed by atoms with Crippen LogP contribution in [0.5, 0.6) is 0 Å². The quantitative estimate of drug-likeness (QED) is 0.791. The van der Waals surface area contributed by atoms with Crippen LogP contribution in [-0.2, 0) is 6.54 Å². The second kappa shape index (κ2) is 5.39. The van der Waals surface area contributed by atoms with Crippen LogP contribution in [0.1, 0.15) is 33.1 Å². The molecule has 3 unspecified atom stereocenters. The Labute approximate surface area is 104 Å². The minimum absolute atomic E-state index is 0.575. The Morgan fingerprint density at radius 1 is 1.59 bits per heavy atom. The Hall–Kier alpha value is -1.25. The molecule has 0 aromatic carbocycles. The molecule has 0 radical (unpaired) electrons. The molecule has 1 saturated carbocycles. The highest BCUT2D eigenvalue weighted by molar-refractivity contribution is 5.29. The molecule has 1 fully saturated rings. The fourth-order valence-electron chi connectivity index (χ4n) is 2.93. The molecule has 1 N–H and O–H groups in total. The zero-order chi connectivity index (χ0) is 12.3. The van der Waals surface area contributed by atoms with Gasteiger partial charge in [0.15, 0.2) is 0 Å². The number of hydrogen-bond acceptors (Lipinski definition) is 2. The van der Waals surface area contributed by atoms with Crippen molar-refractivity contribution in [1.82, 2.24) is 9.55 Å². The van der Waals surface area contributed by atoms with Crippen molar-refractivity contribution in [2.45, 2.75) is 45.7 Å². The van der Waals surface area contributed by atoms with Gasteiger partial charge in [0, 0.05) is 25.0 Å². The van der Waals surface area contributed by atoms with Crippen LogP contribution in [0.4, 0.5) is 5.95 Å². The third-order valence-electron chi connectivity index (χ3n) is 4.11. The van der Waals surface area contributed by atoms with E-state index >= 15 is 0 Å². The highest BCUT2D eigenvalue weighted by Crippen LogP contribution is 2.35. The zero-order valence-corrected chi connectivity index (χ0v) is 10.9. The van der Waals surface area contributed by atoms with Crippen molar-refractivity contribution in [1.29, 1.82) is 0 Å². The first-order valence-corrected chi connectivity index (χ1v) is 6.64. The lowest BCUT2D eigenvalue weighted by Crippen LogP contribution is -2.26. The first kappa shape index (κ1) is 12.2. The summed E-state index contributed by atoms with van der Waals surface area (Å²) in [5.74, 6) is 2.60. The van der Waals surface area contributed by atoms with Crippen molar-refractivity contribution in [3.8, 4) is 0 Å². The molecular weight excluding hydrogens is 210 g/mol. The van der Waals surface area contributed by atoms with Crippen LogP contribution in [0, 0.1) is 11.8 Å². The summed E-state index contributed by atoms with van der Waals surface area (Å²) in [7, 11) is 0. The number of nitrogens with zero attached hydrogens (tertiary/aromatic N) is 2. The molecule has 0 saturated heterocycles. The number of anilines is 1. The molecule has 1 aromatic rings. The molecule has 0 spiro atoms. The Morgan fingerprint density at radius 2 is 2.41 bits per heavy atom. The molecule has 1 aliphatic carbocycles. The maximum absolute atomic E-state index is 4.39. The van der Waals surface area contributed by atoms with Crippen molar-refractivity contribution in [2.75, 3.05) is 5.32 Å². The molecule has 0 aliphatic heterocycles. The van der Waals surface area contributed by atoms with Gasteiger partial charge in [-0.3, -0.25) is 0 Å². The molecular formula is C14H23N3. The van der Waals surface area contributed by atoms with Crippen molar-refractivity contribution < 1.29 is 0 Å². The van der Waals surface area contributed by atoms with Crippen LogP contribution in [0.25, 0.3) is 0 Å². The molecule has 1 aromatic heterocycles. The number of imidazole rings is 1. The summed E-state index contributed by atoms with van der Waals surface area (Å²) >= 11 is 0. The van der Waals surface area contributed by atoms with Gasteiger partial charge in [0.05, 0.1) is 0 Å². The average molecular weight is 233 g/mol. The predicted molar refractivity (Wildman–Crippen MR) is 72.0 cm³/mol. The maximum Gasteiger partial charge on any atom is 0.203 e. The zero-order valence-electron chi connectivity index (χ0n) is 10.9. The van der Waals surface area contributed by atoms with E-state index in [9.17, 15) is 0 Å². The van der Waals surface area contributed by atoms with Crippen LogP contribution < -0.4 is 5.32 Å². The normalized spacial score (nSPS) is 28.2. The highest BCUT2D eigenvalue weighted by atomic mass is 15.2. The van der Waals surface area contributed by atoms with Gasteiger partial charge in [0.25, 0.3) is 0 Å². The molecule has 2 rings (SSSR count). The lowest BCUT2D eigenvalue weighted by molar-refractivity contribution is 0.391. The Bertz CT molecular complexity index is 369. The average Bonchev–Trinajstić information content (AvgIpc) is 2.89. The molecule has 1 aliphatic rings. The van der Waals surface area contributed by atoms with Crippen molar-refractivity contribution in [3.63, 3.8) is 0 Å². The van der Waals surface area contributed by atoms with E-state index < -0.39 is 0 Å². The van der Waals surface area contributed by atoms with E-state index in [4.69, 9.17) is 0 Å². The van der Waals surface area contributed by atoms with Gasteiger partial charge in [-0.1, -0.05) is 26.3 Å². The molecule has 3 atom stereocenters. The fourth-order valence-corrected chi connectivity index (χ4v) is 2.93. The highest BCUT2D eigenvalue weighted by Gasteiger charge is 2.31. The molecule has 0 amide bonds. The molecule has 3 nitrogen and oxygen atoms in total. The lowest BCUT2D eigenvalue weighted by Gasteiger charge is -2.21. The van der Waals surface area contributed by atoms with Crippen LogP contribution >= 0.6 is 0 Å². The van der Waals surface area contributed by atoms with Gasteiger partial charge < -0.3 is 9.88 Å². The van der Waals surface area contributed by atoms with Crippen LogP contribution in [-0.4, -0.2) is 15.6 Å². The summed E-state index contributed by atoms with van der Waals surface area (Å²) in [6, 6.07) is 0.575. The second-order valence-corrected chi connectivity index (χ2v) is 5.05. The first-order valence-electron chi connectivity index (χ1n) is 6.64.